The number of benzene rings is 3. The van der Waals surface area contributed by atoms with E-state index in [1.54, 1.807) is 4.90 Å². The van der Waals surface area contributed by atoms with Crippen molar-refractivity contribution in [3.8, 4) is 0 Å². The number of rotatable bonds is 4. The summed E-state index contributed by atoms with van der Waals surface area (Å²) in [6.07, 6.45) is 0. The lowest BCUT2D eigenvalue weighted by molar-refractivity contribution is -0.929. The standard InChI is InChI=1S/C24H24N2S/c27-24(22-14-8-3-9-15-22)26-18-16-25(17-19-26)23(20-10-4-1-5-11-20)21-12-6-2-7-13-21/h1-15,23H,16-19H2/p+1. The molecule has 1 saturated heterocycles. The van der Waals surface area contributed by atoms with Crippen molar-refractivity contribution >= 4 is 17.2 Å². The molecule has 4 rings (SSSR count). The zero-order valence-electron chi connectivity index (χ0n) is 15.4. The highest BCUT2D eigenvalue weighted by molar-refractivity contribution is 7.80. The maximum absolute atomic E-state index is 5.75. The first-order valence-electron chi connectivity index (χ1n) is 9.62. The van der Waals surface area contributed by atoms with Gasteiger partial charge in [0.15, 0.2) is 0 Å². The summed E-state index contributed by atoms with van der Waals surface area (Å²) in [5.74, 6) is 0. The normalized spacial score (nSPS) is 15.1. The van der Waals surface area contributed by atoms with Gasteiger partial charge < -0.3 is 9.80 Å². The Labute approximate surface area is 167 Å². The molecule has 0 spiro atoms. The Hall–Kier alpha value is -2.49. The van der Waals surface area contributed by atoms with Crippen LogP contribution >= 0.6 is 12.2 Å². The van der Waals surface area contributed by atoms with Crippen LogP contribution < -0.4 is 4.90 Å². The van der Waals surface area contributed by atoms with Gasteiger partial charge in [-0.2, -0.15) is 0 Å². The average molecular weight is 374 g/mol. The molecule has 3 aromatic carbocycles. The molecule has 27 heavy (non-hydrogen) atoms. The van der Waals surface area contributed by atoms with Gasteiger partial charge in [-0.05, 0) is 0 Å². The monoisotopic (exact) mass is 373 g/mol. The second kappa shape index (κ2) is 8.47. The third-order valence-electron chi connectivity index (χ3n) is 5.39. The number of hydrogen-bond donors (Lipinski definition) is 1. The summed E-state index contributed by atoms with van der Waals surface area (Å²) in [6.45, 7) is 4.17. The van der Waals surface area contributed by atoms with E-state index in [1.165, 1.54) is 11.1 Å². The van der Waals surface area contributed by atoms with Crippen LogP contribution in [0.1, 0.15) is 22.7 Å². The maximum Gasteiger partial charge on any atom is 0.139 e. The Balaban J connectivity index is 1.51. The van der Waals surface area contributed by atoms with Crippen molar-refractivity contribution in [2.24, 2.45) is 0 Å². The first kappa shape index (κ1) is 17.9. The number of nitrogens with one attached hydrogen (secondary N) is 1. The molecule has 3 aromatic rings. The van der Waals surface area contributed by atoms with Crippen molar-refractivity contribution in [3.05, 3.63) is 108 Å². The van der Waals surface area contributed by atoms with Crippen LogP contribution in [0.5, 0.6) is 0 Å². The van der Waals surface area contributed by atoms with Gasteiger partial charge in [-0.1, -0.05) is 103 Å². The van der Waals surface area contributed by atoms with E-state index in [1.807, 2.05) is 6.07 Å². The van der Waals surface area contributed by atoms with E-state index >= 15 is 0 Å². The minimum absolute atomic E-state index is 0.375. The highest BCUT2D eigenvalue weighted by atomic mass is 32.1. The maximum atomic E-state index is 5.75. The number of hydrogen-bond acceptors (Lipinski definition) is 1. The molecule has 1 aliphatic heterocycles. The van der Waals surface area contributed by atoms with Crippen LogP contribution in [-0.2, 0) is 0 Å². The SMILES string of the molecule is S=C(c1ccccc1)N1CC[NH+](C(c2ccccc2)c2ccccc2)CC1. The molecule has 1 heterocycles. The minimum atomic E-state index is 0.375. The Morgan fingerprint density at radius 1 is 0.704 bits per heavy atom. The van der Waals surface area contributed by atoms with Gasteiger partial charge in [0.05, 0.1) is 26.2 Å². The molecular formula is C24H25N2S+. The van der Waals surface area contributed by atoms with Crippen molar-refractivity contribution in [2.45, 2.75) is 6.04 Å². The molecule has 0 saturated carbocycles. The number of quaternary nitrogens is 1. The molecule has 0 aromatic heterocycles. The third-order valence-corrected chi connectivity index (χ3v) is 5.88. The summed E-state index contributed by atoms with van der Waals surface area (Å²) in [5, 5.41) is 0. The fourth-order valence-electron chi connectivity index (χ4n) is 4.00. The highest BCUT2D eigenvalue weighted by Gasteiger charge is 2.30. The topological polar surface area (TPSA) is 7.68 Å². The summed E-state index contributed by atoms with van der Waals surface area (Å²) >= 11 is 5.75. The lowest BCUT2D eigenvalue weighted by atomic mass is 9.96. The van der Waals surface area contributed by atoms with Crippen LogP contribution in [0.25, 0.3) is 0 Å². The van der Waals surface area contributed by atoms with E-state index in [-0.39, 0.29) is 0 Å². The van der Waals surface area contributed by atoms with E-state index in [0.29, 0.717) is 6.04 Å². The molecule has 0 bridgehead atoms. The van der Waals surface area contributed by atoms with Crippen molar-refractivity contribution in [2.75, 3.05) is 26.2 Å². The zero-order valence-corrected chi connectivity index (χ0v) is 16.2. The lowest BCUT2D eigenvalue weighted by Crippen LogP contribution is -3.15. The highest BCUT2D eigenvalue weighted by Crippen LogP contribution is 2.19. The van der Waals surface area contributed by atoms with Gasteiger partial charge in [-0.3, -0.25) is 0 Å². The molecule has 0 aliphatic carbocycles. The van der Waals surface area contributed by atoms with Gasteiger partial charge >= 0.3 is 0 Å². The summed E-state index contributed by atoms with van der Waals surface area (Å²) < 4.78 is 0. The second-order valence-electron chi connectivity index (χ2n) is 7.07. The van der Waals surface area contributed by atoms with Gasteiger partial charge in [0, 0.05) is 16.7 Å². The predicted molar refractivity (Wildman–Crippen MR) is 115 cm³/mol. The Morgan fingerprint density at radius 3 is 1.63 bits per heavy atom. The lowest BCUT2D eigenvalue weighted by Gasteiger charge is -2.38. The van der Waals surface area contributed by atoms with E-state index in [9.17, 15) is 0 Å². The van der Waals surface area contributed by atoms with Crippen molar-refractivity contribution < 1.29 is 4.90 Å². The van der Waals surface area contributed by atoms with Crippen LogP contribution in [-0.4, -0.2) is 36.1 Å². The Morgan fingerprint density at radius 2 is 1.15 bits per heavy atom. The van der Waals surface area contributed by atoms with E-state index < -0.39 is 0 Å². The number of thiocarbonyl (C=S) groups is 1. The smallest absolute Gasteiger partial charge is 0.139 e. The molecule has 136 valence electrons. The van der Waals surface area contributed by atoms with Crippen LogP contribution in [0.15, 0.2) is 91.0 Å². The van der Waals surface area contributed by atoms with E-state index in [2.05, 4.69) is 89.8 Å². The first-order chi connectivity index (χ1) is 13.3. The van der Waals surface area contributed by atoms with Crippen molar-refractivity contribution in [3.63, 3.8) is 0 Å². The fraction of sp³-hybridized carbons (Fsp3) is 0.208. The average Bonchev–Trinajstić information content (AvgIpc) is 2.76. The summed E-state index contributed by atoms with van der Waals surface area (Å²) in [4.78, 5) is 4.95. The summed E-state index contributed by atoms with van der Waals surface area (Å²) in [6, 6.07) is 32.5. The Bertz CT molecular complexity index is 817. The molecular weight excluding hydrogens is 348 g/mol. The summed E-state index contributed by atoms with van der Waals surface area (Å²) in [7, 11) is 0. The first-order valence-corrected chi connectivity index (χ1v) is 10.0. The van der Waals surface area contributed by atoms with E-state index in [4.69, 9.17) is 12.2 Å². The molecule has 0 unspecified atom stereocenters. The minimum Gasteiger partial charge on any atom is -0.351 e. The molecule has 1 aliphatic rings. The van der Waals surface area contributed by atoms with Gasteiger partial charge in [-0.15, -0.1) is 0 Å². The fourth-order valence-corrected chi connectivity index (χ4v) is 4.32. The van der Waals surface area contributed by atoms with Crippen LogP contribution in [0.4, 0.5) is 0 Å². The van der Waals surface area contributed by atoms with Gasteiger partial charge in [0.2, 0.25) is 0 Å². The number of nitrogens with zero attached hydrogens (tertiary/aromatic N) is 1. The molecule has 0 radical (unpaired) electrons. The summed E-state index contributed by atoms with van der Waals surface area (Å²) in [5.41, 5.74) is 3.93. The molecule has 3 heteroatoms. The van der Waals surface area contributed by atoms with Gasteiger partial charge in [0.1, 0.15) is 11.0 Å². The third kappa shape index (κ3) is 4.10. The zero-order chi connectivity index (χ0) is 18.5. The quantitative estimate of drug-likeness (QED) is 0.702. The van der Waals surface area contributed by atoms with Crippen molar-refractivity contribution in [1.82, 2.24) is 4.90 Å². The Kier molecular flexibility index (Phi) is 5.61. The van der Waals surface area contributed by atoms with E-state index in [0.717, 1.165) is 36.7 Å². The van der Waals surface area contributed by atoms with Crippen LogP contribution in [0.2, 0.25) is 0 Å². The molecule has 0 amide bonds. The largest absolute Gasteiger partial charge is 0.351 e. The van der Waals surface area contributed by atoms with Gasteiger partial charge in [-0.25, -0.2) is 0 Å². The second-order valence-corrected chi connectivity index (χ2v) is 7.46. The molecule has 1 fully saturated rings. The molecule has 1 N–H and O–H groups in total. The van der Waals surface area contributed by atoms with Crippen LogP contribution in [0, 0.1) is 0 Å². The van der Waals surface area contributed by atoms with Crippen LogP contribution in [0.3, 0.4) is 0 Å². The predicted octanol–water partition coefficient (Wildman–Crippen LogP) is 3.35. The van der Waals surface area contributed by atoms with Crippen molar-refractivity contribution in [1.29, 1.82) is 0 Å². The van der Waals surface area contributed by atoms with Gasteiger partial charge in [0.25, 0.3) is 0 Å². The number of piperazine rings is 1. The molecule has 2 nitrogen and oxygen atoms in total. The molecule has 0 atom stereocenters.